The van der Waals surface area contributed by atoms with Crippen LogP contribution >= 0.6 is 11.3 Å². The third-order valence-electron chi connectivity index (χ3n) is 4.53. The standard InChI is InChI=1S/C19H18FN5O3S/c20-7-13(8-21)9-24-18(26)23(12-22-24)10-15-5-6-17(29-15)25-16-4-2-1-3-14(16)11-28-19(25)27/h1-7,12H,8-11,21H2/b13-7-. The Bertz CT molecular complexity index is 1130. The van der Waals surface area contributed by atoms with Gasteiger partial charge in [-0.25, -0.2) is 23.6 Å². The van der Waals surface area contributed by atoms with Crippen molar-refractivity contribution in [2.75, 3.05) is 11.4 Å². The van der Waals surface area contributed by atoms with Gasteiger partial charge in [-0.3, -0.25) is 4.57 Å². The van der Waals surface area contributed by atoms with Crippen LogP contribution in [0.3, 0.4) is 0 Å². The molecule has 0 aliphatic carbocycles. The zero-order valence-corrected chi connectivity index (χ0v) is 16.1. The Kier molecular flexibility index (Phi) is 5.28. The summed E-state index contributed by atoms with van der Waals surface area (Å²) in [6.07, 6.45) is 1.36. The molecule has 0 fully saturated rings. The molecule has 3 aromatic rings. The smallest absolute Gasteiger partial charge is 0.419 e. The molecular formula is C19H18FN5O3S. The van der Waals surface area contributed by atoms with Crippen LogP contribution in [0.25, 0.3) is 0 Å². The number of ether oxygens (including phenoxy) is 1. The maximum atomic E-state index is 12.7. The van der Waals surface area contributed by atoms with Gasteiger partial charge in [-0.2, -0.15) is 5.10 Å². The predicted octanol–water partition coefficient (Wildman–Crippen LogP) is 2.76. The zero-order chi connectivity index (χ0) is 20.4. The first-order valence-corrected chi connectivity index (χ1v) is 9.66. The van der Waals surface area contributed by atoms with Crippen molar-refractivity contribution in [3.05, 3.63) is 75.6 Å². The van der Waals surface area contributed by atoms with Crippen LogP contribution in [-0.4, -0.2) is 27.0 Å². The summed E-state index contributed by atoms with van der Waals surface area (Å²) < 4.78 is 20.6. The van der Waals surface area contributed by atoms with Gasteiger partial charge in [-0.15, -0.1) is 11.3 Å². The molecule has 0 spiro atoms. The number of nitrogens with two attached hydrogens (primary N) is 1. The molecule has 8 nitrogen and oxygen atoms in total. The number of benzene rings is 1. The lowest BCUT2D eigenvalue weighted by Crippen LogP contribution is -2.30. The van der Waals surface area contributed by atoms with Gasteiger partial charge in [0.05, 0.1) is 25.1 Å². The van der Waals surface area contributed by atoms with Crippen LogP contribution in [0.2, 0.25) is 0 Å². The number of carbonyl (C=O) groups excluding carboxylic acids is 1. The normalized spacial score (nSPS) is 14.1. The van der Waals surface area contributed by atoms with E-state index >= 15 is 0 Å². The first-order chi connectivity index (χ1) is 14.1. The van der Waals surface area contributed by atoms with Gasteiger partial charge in [0, 0.05) is 17.0 Å². The Balaban J connectivity index is 1.56. The molecule has 3 heterocycles. The van der Waals surface area contributed by atoms with E-state index < -0.39 is 6.09 Å². The molecule has 0 unspecified atom stereocenters. The fourth-order valence-electron chi connectivity index (χ4n) is 3.03. The van der Waals surface area contributed by atoms with E-state index in [1.807, 2.05) is 36.4 Å². The quantitative estimate of drug-likeness (QED) is 0.668. The van der Waals surface area contributed by atoms with Crippen molar-refractivity contribution in [1.82, 2.24) is 14.3 Å². The van der Waals surface area contributed by atoms with E-state index in [1.165, 1.54) is 27.1 Å². The number of fused-ring (bicyclic) bond motifs is 1. The van der Waals surface area contributed by atoms with Gasteiger partial charge in [0.2, 0.25) is 0 Å². The lowest BCUT2D eigenvalue weighted by molar-refractivity contribution is 0.145. The summed E-state index contributed by atoms with van der Waals surface area (Å²) in [4.78, 5) is 27.2. The third-order valence-corrected chi connectivity index (χ3v) is 5.58. The second-order valence-electron chi connectivity index (χ2n) is 6.43. The summed E-state index contributed by atoms with van der Waals surface area (Å²) in [7, 11) is 0. The number of thiophene rings is 1. The highest BCUT2D eigenvalue weighted by atomic mass is 32.1. The minimum atomic E-state index is -0.436. The van der Waals surface area contributed by atoms with Gasteiger partial charge in [0.1, 0.15) is 17.9 Å². The summed E-state index contributed by atoms with van der Waals surface area (Å²) in [6, 6.07) is 11.2. The Morgan fingerprint density at radius 3 is 2.90 bits per heavy atom. The molecule has 150 valence electrons. The van der Waals surface area contributed by atoms with Crippen LogP contribution < -0.4 is 16.3 Å². The van der Waals surface area contributed by atoms with Crippen LogP contribution in [-0.2, 0) is 24.4 Å². The molecule has 10 heteroatoms. The van der Waals surface area contributed by atoms with Crippen molar-refractivity contribution < 1.29 is 13.9 Å². The van der Waals surface area contributed by atoms with Crippen molar-refractivity contribution in [2.24, 2.45) is 5.73 Å². The maximum absolute atomic E-state index is 12.7. The van der Waals surface area contributed by atoms with Crippen LogP contribution in [0, 0.1) is 0 Å². The number of hydrogen-bond donors (Lipinski definition) is 1. The van der Waals surface area contributed by atoms with Crippen LogP contribution in [0.15, 0.2) is 59.4 Å². The van der Waals surface area contributed by atoms with E-state index in [0.717, 1.165) is 20.8 Å². The second-order valence-corrected chi connectivity index (χ2v) is 7.58. The van der Waals surface area contributed by atoms with Crippen molar-refractivity contribution in [3.8, 4) is 0 Å². The monoisotopic (exact) mass is 415 g/mol. The molecule has 0 saturated heterocycles. The van der Waals surface area contributed by atoms with Crippen LogP contribution in [0.1, 0.15) is 10.4 Å². The summed E-state index contributed by atoms with van der Waals surface area (Å²) in [5.74, 6) is 0. The van der Waals surface area contributed by atoms with Gasteiger partial charge in [0.25, 0.3) is 0 Å². The second kappa shape index (κ2) is 8.02. The van der Waals surface area contributed by atoms with Crippen molar-refractivity contribution in [2.45, 2.75) is 19.7 Å². The van der Waals surface area contributed by atoms with E-state index in [4.69, 9.17) is 10.5 Å². The average Bonchev–Trinajstić information content (AvgIpc) is 3.33. The van der Waals surface area contributed by atoms with Gasteiger partial charge in [-0.1, -0.05) is 18.2 Å². The number of carbonyl (C=O) groups is 1. The topological polar surface area (TPSA) is 95.4 Å². The molecule has 1 aliphatic heterocycles. The number of halogens is 1. The summed E-state index contributed by atoms with van der Waals surface area (Å²) >= 11 is 1.38. The Morgan fingerprint density at radius 2 is 2.10 bits per heavy atom. The van der Waals surface area contributed by atoms with Gasteiger partial charge >= 0.3 is 11.8 Å². The van der Waals surface area contributed by atoms with Crippen molar-refractivity contribution >= 4 is 28.1 Å². The van der Waals surface area contributed by atoms with Crippen LogP contribution in [0.4, 0.5) is 19.9 Å². The van der Waals surface area contributed by atoms with E-state index in [-0.39, 0.29) is 37.5 Å². The van der Waals surface area contributed by atoms with E-state index in [0.29, 0.717) is 11.3 Å². The molecular weight excluding hydrogens is 397 g/mol. The van der Waals surface area contributed by atoms with Gasteiger partial charge < -0.3 is 10.5 Å². The Labute approximate surface area is 169 Å². The maximum Gasteiger partial charge on any atom is 0.419 e. The molecule has 4 rings (SSSR count). The molecule has 0 saturated carbocycles. The molecule has 0 atom stereocenters. The highest BCUT2D eigenvalue weighted by Gasteiger charge is 2.28. The van der Waals surface area contributed by atoms with E-state index in [9.17, 15) is 14.0 Å². The number of amides is 1. The Hall–Kier alpha value is -3.24. The molecule has 1 aliphatic rings. The van der Waals surface area contributed by atoms with Crippen molar-refractivity contribution in [1.29, 1.82) is 0 Å². The predicted molar refractivity (Wildman–Crippen MR) is 107 cm³/mol. The number of para-hydroxylation sites is 1. The molecule has 0 bridgehead atoms. The van der Waals surface area contributed by atoms with Crippen molar-refractivity contribution in [3.63, 3.8) is 0 Å². The zero-order valence-electron chi connectivity index (χ0n) is 15.3. The van der Waals surface area contributed by atoms with E-state index in [1.54, 1.807) is 0 Å². The number of aromatic nitrogens is 3. The first-order valence-electron chi connectivity index (χ1n) is 8.84. The minimum absolute atomic E-state index is 0.00489. The van der Waals surface area contributed by atoms with Gasteiger partial charge in [-0.05, 0) is 23.8 Å². The number of hydrogen-bond acceptors (Lipinski definition) is 6. The molecule has 29 heavy (non-hydrogen) atoms. The van der Waals surface area contributed by atoms with Gasteiger partial charge in [0.15, 0.2) is 0 Å². The Morgan fingerprint density at radius 1 is 1.28 bits per heavy atom. The molecule has 2 N–H and O–H groups in total. The lowest BCUT2D eigenvalue weighted by Gasteiger charge is -2.27. The fraction of sp³-hybridized carbons (Fsp3) is 0.211. The minimum Gasteiger partial charge on any atom is -0.444 e. The van der Waals surface area contributed by atoms with Crippen LogP contribution in [0.5, 0.6) is 0 Å². The molecule has 1 aromatic carbocycles. The number of rotatable bonds is 6. The lowest BCUT2D eigenvalue weighted by atomic mass is 10.1. The number of nitrogens with zero attached hydrogens (tertiary/aromatic N) is 4. The highest BCUT2D eigenvalue weighted by molar-refractivity contribution is 7.16. The summed E-state index contributed by atoms with van der Waals surface area (Å²) in [5, 5.41) is 4.71. The summed E-state index contributed by atoms with van der Waals surface area (Å²) in [6.45, 7) is 0.546. The third kappa shape index (κ3) is 3.71. The molecule has 1 amide bonds. The van der Waals surface area contributed by atoms with E-state index in [2.05, 4.69) is 5.10 Å². The largest absolute Gasteiger partial charge is 0.444 e. The average molecular weight is 415 g/mol. The fourth-order valence-corrected chi connectivity index (χ4v) is 4.03. The molecule has 2 aromatic heterocycles. The first kappa shape index (κ1) is 19.1. The molecule has 0 radical (unpaired) electrons. The number of anilines is 2. The summed E-state index contributed by atoms with van der Waals surface area (Å²) in [5.41, 5.74) is 7.06. The SMILES string of the molecule is NC/C(=C/F)Cn1ncn(Cc2ccc(N3C(=O)OCc4ccccc43)s2)c1=O. The highest BCUT2D eigenvalue weighted by Crippen LogP contribution is 2.37. The number of cyclic esters (lactones) is 1.